The zero-order valence-corrected chi connectivity index (χ0v) is 9.15. The average molecular weight is 220 g/mol. The Morgan fingerprint density at radius 2 is 2.44 bits per heavy atom. The summed E-state index contributed by atoms with van der Waals surface area (Å²) in [6.45, 7) is 1.45. The molecule has 0 radical (unpaired) electrons. The van der Waals surface area contributed by atoms with Gasteiger partial charge in [-0.25, -0.2) is 0 Å². The van der Waals surface area contributed by atoms with E-state index >= 15 is 0 Å². The molecule has 2 heterocycles. The highest BCUT2D eigenvalue weighted by Gasteiger charge is 2.40. The van der Waals surface area contributed by atoms with Crippen molar-refractivity contribution in [3.05, 3.63) is 30.1 Å². The first kappa shape index (κ1) is 11.1. The summed E-state index contributed by atoms with van der Waals surface area (Å²) in [6, 6.07) is 5.63. The summed E-state index contributed by atoms with van der Waals surface area (Å²) in [5.41, 5.74) is 0.181. The Morgan fingerprint density at radius 1 is 1.56 bits per heavy atom. The molecule has 0 saturated carbocycles. The van der Waals surface area contributed by atoms with Gasteiger partial charge < -0.3 is 10.4 Å². The van der Waals surface area contributed by atoms with Crippen molar-refractivity contribution in [1.82, 2.24) is 10.3 Å². The third kappa shape index (κ3) is 2.22. The second-order valence-corrected chi connectivity index (χ2v) is 4.36. The van der Waals surface area contributed by atoms with Crippen LogP contribution in [0.2, 0.25) is 0 Å². The monoisotopic (exact) mass is 220 g/mol. The average Bonchev–Trinajstić information content (AvgIpc) is 2.31. The molecule has 1 fully saturated rings. The van der Waals surface area contributed by atoms with E-state index in [-0.39, 0.29) is 0 Å². The summed E-state index contributed by atoms with van der Waals surface area (Å²) in [7, 11) is 0. The maximum atomic E-state index is 11.4. The number of carboxylic acid groups (broad SMARTS) is 1. The number of pyridine rings is 1. The highest BCUT2D eigenvalue weighted by molar-refractivity contribution is 5.75. The Morgan fingerprint density at radius 3 is 3.00 bits per heavy atom. The predicted molar refractivity (Wildman–Crippen MR) is 60.1 cm³/mol. The first-order valence-corrected chi connectivity index (χ1v) is 5.57. The van der Waals surface area contributed by atoms with E-state index in [0.717, 1.165) is 25.1 Å². The first-order chi connectivity index (χ1) is 7.73. The van der Waals surface area contributed by atoms with Gasteiger partial charge in [0, 0.05) is 24.9 Å². The molecule has 0 unspecified atom stereocenters. The van der Waals surface area contributed by atoms with E-state index in [1.54, 1.807) is 6.20 Å². The van der Waals surface area contributed by atoms with Crippen molar-refractivity contribution < 1.29 is 9.90 Å². The van der Waals surface area contributed by atoms with Crippen molar-refractivity contribution >= 4 is 5.97 Å². The third-order valence-corrected chi connectivity index (χ3v) is 3.17. The van der Waals surface area contributed by atoms with Gasteiger partial charge in [0.1, 0.15) is 0 Å². The number of nitrogens with one attached hydrogen (secondary N) is 1. The standard InChI is InChI=1S/C12H16N2O2/c15-11(16)12(5-3-6-13-9-12)8-10-4-1-2-7-14-10/h1-2,4,7,13H,3,5-6,8-9H2,(H,15,16)/t12-/m1/s1. The highest BCUT2D eigenvalue weighted by atomic mass is 16.4. The highest BCUT2D eigenvalue weighted by Crippen LogP contribution is 2.30. The van der Waals surface area contributed by atoms with Gasteiger partial charge in [-0.2, -0.15) is 0 Å². The van der Waals surface area contributed by atoms with Crippen LogP contribution in [0.25, 0.3) is 0 Å². The first-order valence-electron chi connectivity index (χ1n) is 5.57. The molecule has 4 nitrogen and oxygen atoms in total. The Labute approximate surface area is 94.7 Å². The van der Waals surface area contributed by atoms with Gasteiger partial charge in [0.2, 0.25) is 0 Å². The Balaban J connectivity index is 2.17. The zero-order valence-electron chi connectivity index (χ0n) is 9.15. The fourth-order valence-electron chi connectivity index (χ4n) is 2.23. The van der Waals surface area contributed by atoms with Crippen LogP contribution in [0.15, 0.2) is 24.4 Å². The molecule has 0 amide bonds. The van der Waals surface area contributed by atoms with E-state index in [4.69, 9.17) is 0 Å². The van der Waals surface area contributed by atoms with E-state index in [1.165, 1.54) is 0 Å². The maximum absolute atomic E-state index is 11.4. The third-order valence-electron chi connectivity index (χ3n) is 3.17. The van der Waals surface area contributed by atoms with Crippen molar-refractivity contribution in [2.75, 3.05) is 13.1 Å². The van der Waals surface area contributed by atoms with Crippen molar-refractivity contribution in [3.63, 3.8) is 0 Å². The Hall–Kier alpha value is -1.42. The lowest BCUT2D eigenvalue weighted by atomic mass is 9.77. The number of nitrogens with zero attached hydrogens (tertiary/aromatic N) is 1. The number of hydrogen-bond acceptors (Lipinski definition) is 3. The van der Waals surface area contributed by atoms with Crippen molar-refractivity contribution in [2.45, 2.75) is 19.3 Å². The van der Waals surface area contributed by atoms with Gasteiger partial charge in [-0.15, -0.1) is 0 Å². The summed E-state index contributed by atoms with van der Waals surface area (Å²) in [4.78, 5) is 15.6. The molecule has 1 aliphatic heterocycles. The largest absolute Gasteiger partial charge is 0.481 e. The molecule has 86 valence electrons. The number of hydrogen-bond donors (Lipinski definition) is 2. The molecule has 0 aliphatic carbocycles. The topological polar surface area (TPSA) is 62.2 Å². The van der Waals surface area contributed by atoms with E-state index in [0.29, 0.717) is 13.0 Å². The van der Waals surface area contributed by atoms with E-state index < -0.39 is 11.4 Å². The molecule has 0 bridgehead atoms. The molecular formula is C12H16N2O2. The lowest BCUT2D eigenvalue weighted by molar-refractivity contribution is -0.150. The number of carboxylic acids is 1. The fraction of sp³-hybridized carbons (Fsp3) is 0.500. The second kappa shape index (κ2) is 4.61. The van der Waals surface area contributed by atoms with Gasteiger partial charge in [-0.1, -0.05) is 6.07 Å². The molecule has 2 N–H and O–H groups in total. The second-order valence-electron chi connectivity index (χ2n) is 4.36. The summed E-state index contributed by atoms with van der Waals surface area (Å²) in [5, 5.41) is 12.6. The number of rotatable bonds is 3. The summed E-state index contributed by atoms with van der Waals surface area (Å²) < 4.78 is 0. The molecule has 0 spiro atoms. The molecule has 1 aromatic heterocycles. The van der Waals surface area contributed by atoms with Crippen LogP contribution in [0.5, 0.6) is 0 Å². The minimum atomic E-state index is -0.717. The molecule has 0 aromatic carbocycles. The Kier molecular flexibility index (Phi) is 3.19. The van der Waals surface area contributed by atoms with Gasteiger partial charge in [0.05, 0.1) is 5.41 Å². The Bertz CT molecular complexity index is 359. The maximum Gasteiger partial charge on any atom is 0.311 e. The lowest BCUT2D eigenvalue weighted by Gasteiger charge is -2.33. The van der Waals surface area contributed by atoms with Gasteiger partial charge >= 0.3 is 5.97 Å². The van der Waals surface area contributed by atoms with E-state index in [1.807, 2.05) is 18.2 Å². The minimum absolute atomic E-state index is 0.510. The number of carbonyl (C=O) groups is 1. The van der Waals surface area contributed by atoms with Gasteiger partial charge in [0.25, 0.3) is 0 Å². The zero-order chi connectivity index (χ0) is 11.4. The molecule has 4 heteroatoms. The van der Waals surface area contributed by atoms with Crippen LogP contribution < -0.4 is 5.32 Å². The molecule has 1 saturated heterocycles. The van der Waals surface area contributed by atoms with Crippen LogP contribution in [-0.4, -0.2) is 29.1 Å². The summed E-state index contributed by atoms with van der Waals surface area (Å²) in [6.07, 6.45) is 3.86. The molecule has 2 rings (SSSR count). The van der Waals surface area contributed by atoms with Crippen LogP contribution in [0.3, 0.4) is 0 Å². The van der Waals surface area contributed by atoms with Crippen LogP contribution in [-0.2, 0) is 11.2 Å². The normalized spacial score (nSPS) is 25.2. The smallest absolute Gasteiger partial charge is 0.311 e. The summed E-state index contributed by atoms with van der Waals surface area (Å²) in [5.74, 6) is -0.717. The van der Waals surface area contributed by atoms with Crippen molar-refractivity contribution in [2.24, 2.45) is 5.41 Å². The van der Waals surface area contributed by atoms with Gasteiger partial charge in [-0.05, 0) is 31.5 Å². The molecule has 1 aromatic rings. The van der Waals surface area contributed by atoms with Gasteiger partial charge in [0.15, 0.2) is 0 Å². The van der Waals surface area contributed by atoms with Crippen molar-refractivity contribution in [1.29, 1.82) is 0 Å². The number of piperidine rings is 1. The van der Waals surface area contributed by atoms with Crippen LogP contribution >= 0.6 is 0 Å². The fourth-order valence-corrected chi connectivity index (χ4v) is 2.23. The number of aliphatic carboxylic acids is 1. The quantitative estimate of drug-likeness (QED) is 0.800. The van der Waals surface area contributed by atoms with Crippen molar-refractivity contribution in [3.8, 4) is 0 Å². The molecule has 16 heavy (non-hydrogen) atoms. The predicted octanol–water partition coefficient (Wildman–Crippen LogP) is 1.08. The van der Waals surface area contributed by atoms with Crippen LogP contribution in [0.4, 0.5) is 0 Å². The van der Waals surface area contributed by atoms with Gasteiger partial charge in [-0.3, -0.25) is 9.78 Å². The summed E-state index contributed by atoms with van der Waals surface area (Å²) >= 11 is 0. The lowest BCUT2D eigenvalue weighted by Crippen LogP contribution is -2.47. The molecular weight excluding hydrogens is 204 g/mol. The van der Waals surface area contributed by atoms with Crippen LogP contribution in [0, 0.1) is 5.41 Å². The SMILES string of the molecule is O=C(O)[C@@]1(Cc2ccccn2)CCCNC1. The number of aromatic nitrogens is 1. The van der Waals surface area contributed by atoms with E-state index in [9.17, 15) is 9.90 Å². The minimum Gasteiger partial charge on any atom is -0.481 e. The van der Waals surface area contributed by atoms with E-state index in [2.05, 4.69) is 10.3 Å². The molecule has 1 atom stereocenters. The van der Waals surface area contributed by atoms with Crippen LogP contribution in [0.1, 0.15) is 18.5 Å². The molecule has 1 aliphatic rings.